The molecule has 0 saturated heterocycles. The average molecular weight is 346 g/mol. The fourth-order valence-electron chi connectivity index (χ4n) is 3.00. The molecule has 1 atom stereocenters. The predicted molar refractivity (Wildman–Crippen MR) is 95.3 cm³/mol. The molecule has 1 amide bonds. The second-order valence-corrected chi connectivity index (χ2v) is 6.05. The van der Waals surface area contributed by atoms with Crippen LogP contribution in [0.3, 0.4) is 0 Å². The van der Waals surface area contributed by atoms with Gasteiger partial charge in [0.25, 0.3) is 0 Å². The van der Waals surface area contributed by atoms with Gasteiger partial charge in [0.05, 0.1) is 13.2 Å². The third-order valence-electron chi connectivity index (χ3n) is 4.03. The summed E-state index contributed by atoms with van der Waals surface area (Å²) in [5.41, 5.74) is 2.86. The number of nitrogens with one attached hydrogen (secondary N) is 1. The number of hydrogen-bond donors (Lipinski definition) is 1. The quantitative estimate of drug-likeness (QED) is 0.860. The summed E-state index contributed by atoms with van der Waals surface area (Å²) < 4.78 is 11.4. The van der Waals surface area contributed by atoms with Gasteiger partial charge in [-0.25, -0.2) is 0 Å². The average Bonchev–Trinajstić information content (AvgIpc) is 2.56. The van der Waals surface area contributed by atoms with Gasteiger partial charge >= 0.3 is 0 Å². The van der Waals surface area contributed by atoms with E-state index in [1.165, 1.54) is 0 Å². The van der Waals surface area contributed by atoms with Crippen molar-refractivity contribution in [2.45, 2.75) is 26.2 Å². The minimum Gasteiger partial charge on any atom is -0.490 e. The zero-order valence-electron chi connectivity index (χ0n) is 13.8. The van der Waals surface area contributed by atoms with Crippen LogP contribution >= 0.6 is 11.6 Å². The Morgan fingerprint density at radius 1 is 1.08 bits per heavy atom. The first-order chi connectivity index (χ1) is 11.6. The van der Waals surface area contributed by atoms with Gasteiger partial charge in [-0.15, -0.1) is 0 Å². The largest absolute Gasteiger partial charge is 0.490 e. The SMILES string of the molecule is CCOc1cc2c(cc1OCC)[C@H](c1ccc(Cl)cc1)CC(=O)N2. The normalized spacial score (nSPS) is 16.3. The Bertz CT molecular complexity index is 743. The van der Waals surface area contributed by atoms with Crippen LogP contribution in [-0.2, 0) is 4.79 Å². The molecule has 3 rings (SSSR count). The molecule has 24 heavy (non-hydrogen) atoms. The first-order valence-corrected chi connectivity index (χ1v) is 8.49. The van der Waals surface area contributed by atoms with Gasteiger partial charge < -0.3 is 14.8 Å². The van der Waals surface area contributed by atoms with Crippen molar-refractivity contribution in [1.29, 1.82) is 0 Å². The number of ether oxygens (including phenoxy) is 2. The van der Waals surface area contributed by atoms with Crippen LogP contribution in [0.2, 0.25) is 5.02 Å². The molecule has 0 spiro atoms. The van der Waals surface area contributed by atoms with Crippen LogP contribution in [0.15, 0.2) is 36.4 Å². The van der Waals surface area contributed by atoms with Crippen LogP contribution in [0.5, 0.6) is 11.5 Å². The van der Waals surface area contributed by atoms with E-state index in [-0.39, 0.29) is 11.8 Å². The molecule has 0 unspecified atom stereocenters. The van der Waals surface area contributed by atoms with Gasteiger partial charge in [0.15, 0.2) is 11.5 Å². The lowest BCUT2D eigenvalue weighted by Gasteiger charge is -2.27. The van der Waals surface area contributed by atoms with Gasteiger partial charge in [-0.1, -0.05) is 23.7 Å². The minimum absolute atomic E-state index is 0.00550. The highest BCUT2D eigenvalue weighted by molar-refractivity contribution is 6.30. The van der Waals surface area contributed by atoms with Crippen molar-refractivity contribution in [3.63, 3.8) is 0 Å². The molecule has 0 radical (unpaired) electrons. The molecule has 2 aromatic rings. The van der Waals surface area contributed by atoms with E-state index in [1.807, 2.05) is 50.2 Å². The second-order valence-electron chi connectivity index (χ2n) is 5.61. The molecule has 5 heteroatoms. The predicted octanol–water partition coefficient (Wildman–Crippen LogP) is 4.61. The van der Waals surface area contributed by atoms with E-state index in [9.17, 15) is 4.79 Å². The number of fused-ring (bicyclic) bond motifs is 1. The molecule has 1 heterocycles. The van der Waals surface area contributed by atoms with Crippen molar-refractivity contribution in [2.75, 3.05) is 18.5 Å². The van der Waals surface area contributed by atoms with Crippen molar-refractivity contribution in [3.8, 4) is 11.5 Å². The van der Waals surface area contributed by atoms with Crippen molar-refractivity contribution in [3.05, 3.63) is 52.5 Å². The number of rotatable bonds is 5. The van der Waals surface area contributed by atoms with Gasteiger partial charge in [-0.3, -0.25) is 4.79 Å². The number of carbonyl (C=O) groups excluding carboxylic acids is 1. The highest BCUT2D eigenvalue weighted by Gasteiger charge is 2.28. The molecule has 0 aliphatic carbocycles. The number of halogens is 1. The summed E-state index contributed by atoms with van der Waals surface area (Å²) in [6, 6.07) is 11.5. The van der Waals surface area contributed by atoms with Crippen LogP contribution in [0, 0.1) is 0 Å². The molecular weight excluding hydrogens is 326 g/mol. The summed E-state index contributed by atoms with van der Waals surface area (Å²) in [6.45, 7) is 4.95. The van der Waals surface area contributed by atoms with Crippen molar-refractivity contribution in [1.82, 2.24) is 0 Å². The van der Waals surface area contributed by atoms with Crippen LogP contribution in [0.1, 0.15) is 37.3 Å². The Kier molecular flexibility index (Phi) is 4.95. The summed E-state index contributed by atoms with van der Waals surface area (Å²) >= 11 is 5.99. The summed E-state index contributed by atoms with van der Waals surface area (Å²) in [6.07, 6.45) is 0.397. The maximum atomic E-state index is 12.1. The van der Waals surface area contributed by atoms with E-state index in [0.717, 1.165) is 16.8 Å². The van der Waals surface area contributed by atoms with Crippen molar-refractivity contribution >= 4 is 23.2 Å². The van der Waals surface area contributed by atoms with E-state index in [2.05, 4.69) is 5.32 Å². The highest BCUT2D eigenvalue weighted by atomic mass is 35.5. The van der Waals surface area contributed by atoms with Gasteiger partial charge in [0, 0.05) is 29.1 Å². The number of amides is 1. The van der Waals surface area contributed by atoms with Crippen LogP contribution < -0.4 is 14.8 Å². The molecule has 126 valence electrons. The molecule has 0 aromatic heterocycles. The highest BCUT2D eigenvalue weighted by Crippen LogP contribution is 2.43. The lowest BCUT2D eigenvalue weighted by molar-refractivity contribution is -0.116. The molecule has 0 saturated carbocycles. The summed E-state index contributed by atoms with van der Waals surface area (Å²) in [5.74, 6) is 1.32. The van der Waals surface area contributed by atoms with Crippen molar-refractivity contribution in [2.24, 2.45) is 0 Å². The maximum absolute atomic E-state index is 12.1. The molecular formula is C19H20ClNO3. The lowest BCUT2D eigenvalue weighted by atomic mass is 9.84. The maximum Gasteiger partial charge on any atom is 0.225 e. The fourth-order valence-corrected chi connectivity index (χ4v) is 3.12. The molecule has 1 N–H and O–H groups in total. The number of benzene rings is 2. The van der Waals surface area contributed by atoms with Gasteiger partial charge in [-0.2, -0.15) is 0 Å². The third-order valence-corrected chi connectivity index (χ3v) is 4.28. The lowest BCUT2D eigenvalue weighted by Crippen LogP contribution is -2.23. The van der Waals surface area contributed by atoms with E-state index >= 15 is 0 Å². The molecule has 2 aromatic carbocycles. The van der Waals surface area contributed by atoms with Crippen molar-refractivity contribution < 1.29 is 14.3 Å². The molecule has 1 aliphatic rings. The van der Waals surface area contributed by atoms with E-state index in [1.54, 1.807) is 0 Å². The van der Waals surface area contributed by atoms with Gasteiger partial charge in [0.2, 0.25) is 5.91 Å². The molecule has 0 bridgehead atoms. The Morgan fingerprint density at radius 2 is 1.71 bits per heavy atom. The Morgan fingerprint density at radius 3 is 2.33 bits per heavy atom. The Hall–Kier alpha value is -2.20. The van der Waals surface area contributed by atoms with Crippen LogP contribution in [-0.4, -0.2) is 19.1 Å². The first kappa shape index (κ1) is 16.7. The summed E-state index contributed by atoms with van der Waals surface area (Å²) in [5, 5.41) is 3.62. The Labute approximate surface area is 146 Å². The van der Waals surface area contributed by atoms with Gasteiger partial charge in [-0.05, 0) is 43.2 Å². The zero-order valence-corrected chi connectivity index (χ0v) is 14.5. The number of hydrogen-bond acceptors (Lipinski definition) is 3. The second kappa shape index (κ2) is 7.14. The zero-order chi connectivity index (χ0) is 17.1. The topological polar surface area (TPSA) is 47.6 Å². The molecule has 1 aliphatic heterocycles. The Balaban J connectivity index is 2.08. The van der Waals surface area contributed by atoms with E-state index in [0.29, 0.717) is 36.2 Å². The van der Waals surface area contributed by atoms with Gasteiger partial charge in [0.1, 0.15) is 0 Å². The first-order valence-electron chi connectivity index (χ1n) is 8.11. The monoisotopic (exact) mass is 345 g/mol. The minimum atomic E-state index is -0.0269. The smallest absolute Gasteiger partial charge is 0.225 e. The number of carbonyl (C=O) groups is 1. The fraction of sp³-hybridized carbons (Fsp3) is 0.316. The van der Waals surface area contributed by atoms with E-state index in [4.69, 9.17) is 21.1 Å². The summed E-state index contributed by atoms with van der Waals surface area (Å²) in [4.78, 5) is 12.1. The summed E-state index contributed by atoms with van der Waals surface area (Å²) in [7, 11) is 0. The standard InChI is InChI=1S/C19H20ClNO3/c1-3-23-17-9-15-14(12-5-7-13(20)8-6-12)10-19(22)21-16(15)11-18(17)24-4-2/h5-9,11,14H,3-4,10H2,1-2H3,(H,21,22)/t14-/m0/s1. The molecule has 4 nitrogen and oxygen atoms in total. The van der Waals surface area contributed by atoms with Crippen LogP contribution in [0.4, 0.5) is 5.69 Å². The molecule has 0 fully saturated rings. The number of anilines is 1. The van der Waals surface area contributed by atoms with E-state index < -0.39 is 0 Å². The van der Waals surface area contributed by atoms with Crippen LogP contribution in [0.25, 0.3) is 0 Å². The third kappa shape index (κ3) is 3.34.